The van der Waals surface area contributed by atoms with Gasteiger partial charge in [0.25, 0.3) is 0 Å². The van der Waals surface area contributed by atoms with Crippen molar-refractivity contribution in [2.45, 2.75) is 18.6 Å². The summed E-state index contributed by atoms with van der Waals surface area (Å²) in [6.45, 7) is -0.199. The molecule has 2 atom stereocenters. The second-order valence-electron chi connectivity index (χ2n) is 5.53. The minimum Gasteiger partial charge on any atom is -0.391 e. The van der Waals surface area contributed by atoms with E-state index in [1.165, 1.54) is 24.1 Å². The van der Waals surface area contributed by atoms with Crippen molar-refractivity contribution < 1.29 is 22.7 Å². The lowest BCUT2D eigenvalue weighted by Crippen LogP contribution is -2.41. The van der Waals surface area contributed by atoms with Crippen LogP contribution < -0.4 is 0 Å². The zero-order chi connectivity index (χ0) is 16.5. The number of likely N-dealkylation sites (N-methyl/N-ethyl adjacent to an activating group) is 1. The quantitative estimate of drug-likeness (QED) is 0.864. The van der Waals surface area contributed by atoms with Gasteiger partial charge in [0, 0.05) is 13.6 Å². The van der Waals surface area contributed by atoms with Crippen molar-refractivity contribution in [3.8, 4) is 0 Å². The van der Waals surface area contributed by atoms with Gasteiger partial charge in [-0.15, -0.1) is 0 Å². The Labute approximate surface area is 129 Å². The average molecular weight is 330 g/mol. The van der Waals surface area contributed by atoms with Gasteiger partial charge in [-0.25, -0.2) is 12.8 Å². The Hall–Kier alpha value is -1.51. The van der Waals surface area contributed by atoms with Crippen LogP contribution in [0.4, 0.5) is 4.39 Å². The minimum absolute atomic E-state index is 0.109. The zero-order valence-electron chi connectivity index (χ0n) is 12.4. The van der Waals surface area contributed by atoms with Crippen molar-refractivity contribution in [1.82, 2.24) is 9.21 Å². The van der Waals surface area contributed by atoms with Crippen molar-refractivity contribution in [3.63, 3.8) is 0 Å². The Morgan fingerprint density at radius 1 is 1.50 bits per heavy atom. The van der Waals surface area contributed by atoms with E-state index in [0.29, 0.717) is 12.0 Å². The number of aliphatic hydroxyl groups is 1. The van der Waals surface area contributed by atoms with Crippen LogP contribution in [0.5, 0.6) is 0 Å². The number of nitrogens with zero attached hydrogens (tertiary/aromatic N) is 2. The van der Waals surface area contributed by atoms with Crippen molar-refractivity contribution in [3.05, 3.63) is 35.6 Å². The minimum atomic E-state index is -3.47. The lowest BCUT2D eigenvalue weighted by atomic mass is 10.0. The molecule has 1 N–H and O–H groups in total. The number of hydrogen-bond acceptors (Lipinski definition) is 4. The molecule has 1 fully saturated rings. The number of aliphatic hydroxyl groups excluding tert-OH is 1. The fourth-order valence-corrected chi connectivity index (χ4v) is 2.86. The van der Waals surface area contributed by atoms with Gasteiger partial charge in [-0.3, -0.25) is 4.79 Å². The largest absolute Gasteiger partial charge is 0.391 e. The van der Waals surface area contributed by atoms with Crippen molar-refractivity contribution in [1.29, 1.82) is 0 Å². The summed E-state index contributed by atoms with van der Waals surface area (Å²) in [4.78, 5) is 13.7. The summed E-state index contributed by atoms with van der Waals surface area (Å²) >= 11 is 0. The van der Waals surface area contributed by atoms with E-state index in [-0.39, 0.29) is 13.1 Å². The number of carbonyl (C=O) groups excluding carboxylic acids is 1. The Morgan fingerprint density at radius 3 is 2.77 bits per heavy atom. The third kappa shape index (κ3) is 3.82. The fraction of sp³-hybridized carbons (Fsp3) is 0.500. The van der Waals surface area contributed by atoms with E-state index in [4.69, 9.17) is 0 Å². The predicted octanol–water partition coefficient (Wildman–Crippen LogP) is 0.351. The van der Waals surface area contributed by atoms with Crippen LogP contribution >= 0.6 is 0 Å². The highest BCUT2D eigenvalue weighted by atomic mass is 32.2. The maximum atomic E-state index is 13.4. The van der Waals surface area contributed by atoms with Gasteiger partial charge in [-0.05, 0) is 24.1 Å². The molecule has 0 bridgehead atoms. The van der Waals surface area contributed by atoms with E-state index in [1.807, 2.05) is 0 Å². The molecule has 8 heteroatoms. The number of benzene rings is 1. The van der Waals surface area contributed by atoms with E-state index in [0.717, 1.165) is 10.6 Å². The summed E-state index contributed by atoms with van der Waals surface area (Å²) in [6.07, 6.45) is 0.613. The van der Waals surface area contributed by atoms with Crippen LogP contribution in [0.1, 0.15) is 18.0 Å². The monoisotopic (exact) mass is 330 g/mol. The summed E-state index contributed by atoms with van der Waals surface area (Å²) in [7, 11) is -2.15. The molecular formula is C14H19FN2O4S. The molecule has 0 radical (unpaired) electrons. The normalized spacial score (nSPS) is 22.3. The first-order chi connectivity index (χ1) is 10.2. The number of sulfonamides is 1. The Morgan fingerprint density at radius 2 is 2.18 bits per heavy atom. The first-order valence-electron chi connectivity index (χ1n) is 6.83. The molecule has 1 aliphatic heterocycles. The van der Waals surface area contributed by atoms with Gasteiger partial charge in [0.1, 0.15) is 5.82 Å². The molecule has 0 unspecified atom stereocenters. The number of β-amino-alcohol motifs (C(OH)–C–C–N with tert-alkyl or cyclic N) is 1. The van der Waals surface area contributed by atoms with Crippen LogP contribution in [0.3, 0.4) is 0 Å². The van der Waals surface area contributed by atoms with Gasteiger partial charge in [0.15, 0.2) is 0 Å². The number of rotatable bonds is 4. The van der Waals surface area contributed by atoms with Crippen molar-refractivity contribution >= 4 is 15.9 Å². The molecule has 0 aromatic heterocycles. The second-order valence-corrected chi connectivity index (χ2v) is 7.61. The summed E-state index contributed by atoms with van der Waals surface area (Å²) in [5.74, 6) is -0.835. The van der Waals surface area contributed by atoms with Crippen molar-refractivity contribution in [2.75, 3.05) is 26.4 Å². The van der Waals surface area contributed by atoms with E-state index >= 15 is 0 Å². The van der Waals surface area contributed by atoms with Crippen LogP contribution in [-0.4, -0.2) is 61.1 Å². The van der Waals surface area contributed by atoms with Crippen LogP contribution in [-0.2, 0) is 14.8 Å². The van der Waals surface area contributed by atoms with Gasteiger partial charge < -0.3 is 10.0 Å². The molecular weight excluding hydrogens is 311 g/mol. The molecule has 1 aliphatic rings. The van der Waals surface area contributed by atoms with Gasteiger partial charge in [0.05, 0.1) is 24.9 Å². The van der Waals surface area contributed by atoms with Gasteiger partial charge >= 0.3 is 0 Å². The number of amides is 1. The third-order valence-corrected chi connectivity index (χ3v) is 5.02. The molecule has 0 saturated carbocycles. The molecule has 2 rings (SSSR count). The molecule has 1 heterocycles. The maximum absolute atomic E-state index is 13.4. The van der Waals surface area contributed by atoms with E-state index in [1.54, 1.807) is 12.1 Å². The molecule has 1 saturated heterocycles. The van der Waals surface area contributed by atoms with Crippen LogP contribution in [0.15, 0.2) is 24.3 Å². The highest BCUT2D eigenvalue weighted by Crippen LogP contribution is 2.32. The number of likely N-dealkylation sites (tertiary alicyclic amines) is 1. The fourth-order valence-electron chi connectivity index (χ4n) is 2.52. The highest BCUT2D eigenvalue weighted by molar-refractivity contribution is 7.88. The molecule has 22 heavy (non-hydrogen) atoms. The maximum Gasteiger partial charge on any atom is 0.238 e. The smallest absolute Gasteiger partial charge is 0.238 e. The van der Waals surface area contributed by atoms with Gasteiger partial charge in [-0.1, -0.05) is 12.1 Å². The summed E-state index contributed by atoms with van der Waals surface area (Å²) < 4.78 is 37.1. The number of carbonyl (C=O) groups is 1. The lowest BCUT2D eigenvalue weighted by molar-refractivity contribution is -0.132. The summed E-state index contributed by atoms with van der Waals surface area (Å²) in [6, 6.07) is 5.40. The highest BCUT2D eigenvalue weighted by Gasteiger charge is 2.36. The van der Waals surface area contributed by atoms with Crippen LogP contribution in [0, 0.1) is 5.82 Å². The van der Waals surface area contributed by atoms with Crippen LogP contribution in [0.2, 0.25) is 0 Å². The molecule has 0 spiro atoms. The Kier molecular flexibility index (Phi) is 4.84. The van der Waals surface area contributed by atoms with Crippen LogP contribution in [0.25, 0.3) is 0 Å². The summed E-state index contributed by atoms with van der Waals surface area (Å²) in [5, 5.41) is 9.82. The second kappa shape index (κ2) is 6.31. The number of hydrogen-bond donors (Lipinski definition) is 1. The molecule has 1 amide bonds. The number of halogens is 1. The Bertz CT molecular complexity index is 665. The SMILES string of the molecule is CN(CC(=O)N1C[C@H](O)C[C@@H]1c1cccc(F)c1)S(C)(=O)=O. The Balaban J connectivity index is 2.19. The molecule has 6 nitrogen and oxygen atoms in total. The zero-order valence-corrected chi connectivity index (χ0v) is 13.3. The molecule has 1 aromatic rings. The first kappa shape index (κ1) is 16.9. The lowest BCUT2D eigenvalue weighted by Gasteiger charge is -2.26. The third-order valence-electron chi connectivity index (χ3n) is 3.76. The standard InChI is InChI=1S/C14H19FN2O4S/c1-16(22(2,20)21)9-14(19)17-8-12(18)7-13(17)10-4-3-5-11(15)6-10/h3-6,12-13,18H,7-9H2,1-2H3/t12-,13-/m1/s1. The summed E-state index contributed by atoms with van der Waals surface area (Å²) in [5.41, 5.74) is 0.590. The van der Waals surface area contributed by atoms with E-state index in [9.17, 15) is 22.7 Å². The van der Waals surface area contributed by atoms with Gasteiger partial charge in [0.2, 0.25) is 15.9 Å². The topological polar surface area (TPSA) is 77.9 Å². The molecule has 0 aliphatic carbocycles. The average Bonchev–Trinajstić information content (AvgIpc) is 2.80. The van der Waals surface area contributed by atoms with E-state index in [2.05, 4.69) is 0 Å². The van der Waals surface area contributed by atoms with E-state index < -0.39 is 33.9 Å². The molecule has 1 aromatic carbocycles. The molecule has 122 valence electrons. The van der Waals surface area contributed by atoms with Crippen molar-refractivity contribution in [2.24, 2.45) is 0 Å². The predicted molar refractivity (Wildman–Crippen MR) is 79.0 cm³/mol. The van der Waals surface area contributed by atoms with Gasteiger partial charge in [-0.2, -0.15) is 4.31 Å². The first-order valence-corrected chi connectivity index (χ1v) is 8.67.